The van der Waals surface area contributed by atoms with Crippen molar-refractivity contribution in [1.82, 2.24) is 9.78 Å². The van der Waals surface area contributed by atoms with Gasteiger partial charge in [-0.15, -0.1) is 6.58 Å². The summed E-state index contributed by atoms with van der Waals surface area (Å²) in [4.78, 5) is 13.8. The second-order valence-electron chi connectivity index (χ2n) is 4.72. The molecule has 1 amide bonds. The summed E-state index contributed by atoms with van der Waals surface area (Å²) in [5.41, 5.74) is 2.02. The number of aryl methyl sites for hydroxylation is 1. The normalized spacial score (nSPS) is 19.7. The number of hydrogen-bond donors (Lipinski definition) is 0. The monoisotopic (exact) mass is 241 g/mol. The number of anilines is 1. The van der Waals surface area contributed by atoms with Crippen LogP contribution in [-0.4, -0.2) is 22.2 Å². The van der Waals surface area contributed by atoms with E-state index in [2.05, 4.69) is 11.7 Å². The quantitative estimate of drug-likeness (QED) is 0.755. The lowest BCUT2D eigenvalue weighted by atomic mass is 10.1. The molecule has 0 aliphatic carbocycles. The first-order chi connectivity index (χ1) is 8.69. The summed E-state index contributed by atoms with van der Waals surface area (Å²) >= 11 is 0. The number of benzene rings is 1. The van der Waals surface area contributed by atoms with Gasteiger partial charge in [0.25, 0.3) is 0 Å². The van der Waals surface area contributed by atoms with E-state index in [0.717, 1.165) is 23.1 Å². The Hall–Kier alpha value is -2.10. The van der Waals surface area contributed by atoms with Gasteiger partial charge >= 0.3 is 0 Å². The molecule has 1 saturated heterocycles. The van der Waals surface area contributed by atoms with Crippen molar-refractivity contribution in [1.29, 1.82) is 0 Å². The molecular formula is C14H15N3O. The molecular weight excluding hydrogens is 226 g/mol. The molecule has 1 aromatic heterocycles. The van der Waals surface area contributed by atoms with Crippen molar-refractivity contribution in [2.75, 3.05) is 11.4 Å². The third kappa shape index (κ3) is 1.61. The maximum atomic E-state index is 11.9. The fourth-order valence-electron chi connectivity index (χ4n) is 2.46. The standard InChI is InChI=1S/C14H15N3O/c1-3-10-6-14(18)17(9-10)12-4-5-13-11(7-12)8-15-16(13)2/h3-5,7-8,10H,1,6,9H2,2H3. The average Bonchev–Trinajstić information content (AvgIpc) is 2.93. The minimum absolute atomic E-state index is 0.170. The molecule has 0 radical (unpaired) electrons. The molecule has 0 saturated carbocycles. The SMILES string of the molecule is C=CC1CC(=O)N(c2ccc3c(cnn3C)c2)C1. The first-order valence-corrected chi connectivity index (χ1v) is 6.03. The van der Waals surface area contributed by atoms with E-state index >= 15 is 0 Å². The highest BCUT2D eigenvalue weighted by Crippen LogP contribution is 2.28. The van der Waals surface area contributed by atoms with Gasteiger partial charge in [-0.1, -0.05) is 6.08 Å². The Morgan fingerprint density at radius 1 is 1.50 bits per heavy atom. The molecule has 4 nitrogen and oxygen atoms in total. The number of hydrogen-bond acceptors (Lipinski definition) is 2. The Bertz CT molecular complexity index is 629. The minimum atomic E-state index is 0.170. The summed E-state index contributed by atoms with van der Waals surface area (Å²) in [6, 6.07) is 6.01. The van der Waals surface area contributed by atoms with Gasteiger partial charge in [0.15, 0.2) is 0 Å². The first-order valence-electron chi connectivity index (χ1n) is 6.03. The molecule has 1 fully saturated rings. The van der Waals surface area contributed by atoms with Gasteiger partial charge < -0.3 is 4.90 Å². The van der Waals surface area contributed by atoms with Gasteiger partial charge in [0.1, 0.15) is 0 Å². The molecule has 0 spiro atoms. The van der Waals surface area contributed by atoms with Gasteiger partial charge in [-0.3, -0.25) is 9.48 Å². The molecule has 2 aromatic rings. The Morgan fingerprint density at radius 2 is 2.33 bits per heavy atom. The number of fused-ring (bicyclic) bond motifs is 1. The van der Waals surface area contributed by atoms with Gasteiger partial charge in [-0.2, -0.15) is 5.10 Å². The molecule has 4 heteroatoms. The van der Waals surface area contributed by atoms with E-state index in [4.69, 9.17) is 0 Å². The molecule has 1 atom stereocenters. The van der Waals surface area contributed by atoms with E-state index in [-0.39, 0.29) is 11.8 Å². The lowest BCUT2D eigenvalue weighted by Gasteiger charge is -2.16. The molecule has 1 aliphatic rings. The van der Waals surface area contributed by atoms with Crippen LogP contribution in [0.2, 0.25) is 0 Å². The van der Waals surface area contributed by atoms with E-state index in [1.807, 2.05) is 47.1 Å². The van der Waals surface area contributed by atoms with Gasteiger partial charge in [0, 0.05) is 37.0 Å². The van der Waals surface area contributed by atoms with Crippen molar-refractivity contribution in [2.45, 2.75) is 6.42 Å². The second-order valence-corrected chi connectivity index (χ2v) is 4.72. The molecule has 2 heterocycles. The predicted octanol–water partition coefficient (Wildman–Crippen LogP) is 2.11. The van der Waals surface area contributed by atoms with Crippen LogP contribution in [0.15, 0.2) is 37.1 Å². The maximum Gasteiger partial charge on any atom is 0.227 e. The van der Waals surface area contributed by atoms with Gasteiger partial charge in [0.05, 0.1) is 11.7 Å². The van der Waals surface area contributed by atoms with E-state index in [1.54, 1.807) is 0 Å². The van der Waals surface area contributed by atoms with E-state index < -0.39 is 0 Å². The van der Waals surface area contributed by atoms with Crippen LogP contribution in [0.4, 0.5) is 5.69 Å². The Labute approximate surface area is 106 Å². The summed E-state index contributed by atoms with van der Waals surface area (Å²) in [6.45, 7) is 4.50. The fraction of sp³-hybridized carbons (Fsp3) is 0.286. The number of nitrogens with zero attached hydrogens (tertiary/aromatic N) is 3. The molecule has 1 unspecified atom stereocenters. The number of amides is 1. The lowest BCUT2D eigenvalue weighted by molar-refractivity contribution is -0.117. The average molecular weight is 241 g/mol. The summed E-state index contributed by atoms with van der Waals surface area (Å²) < 4.78 is 1.83. The van der Waals surface area contributed by atoms with Crippen molar-refractivity contribution in [2.24, 2.45) is 13.0 Å². The Morgan fingerprint density at radius 3 is 3.06 bits per heavy atom. The first kappa shape index (κ1) is 11.0. The maximum absolute atomic E-state index is 11.9. The molecule has 0 bridgehead atoms. The van der Waals surface area contributed by atoms with Crippen LogP contribution >= 0.6 is 0 Å². The van der Waals surface area contributed by atoms with E-state index in [1.165, 1.54) is 0 Å². The van der Waals surface area contributed by atoms with E-state index in [9.17, 15) is 4.79 Å². The highest BCUT2D eigenvalue weighted by atomic mass is 16.2. The largest absolute Gasteiger partial charge is 0.312 e. The third-order valence-corrected chi connectivity index (χ3v) is 3.53. The smallest absolute Gasteiger partial charge is 0.227 e. The summed E-state index contributed by atoms with van der Waals surface area (Å²) in [7, 11) is 1.91. The van der Waals surface area contributed by atoms with Gasteiger partial charge in [0.2, 0.25) is 5.91 Å². The highest BCUT2D eigenvalue weighted by Gasteiger charge is 2.28. The Balaban J connectivity index is 1.99. The zero-order chi connectivity index (χ0) is 12.7. The molecule has 0 N–H and O–H groups in total. The van der Waals surface area contributed by atoms with Gasteiger partial charge in [-0.25, -0.2) is 0 Å². The van der Waals surface area contributed by atoms with Crippen LogP contribution in [0.5, 0.6) is 0 Å². The summed E-state index contributed by atoms with van der Waals surface area (Å²) in [5, 5.41) is 5.27. The number of carbonyl (C=O) groups excluding carboxylic acids is 1. The summed E-state index contributed by atoms with van der Waals surface area (Å²) in [6.07, 6.45) is 4.25. The number of aromatic nitrogens is 2. The number of rotatable bonds is 2. The number of carbonyl (C=O) groups is 1. The van der Waals surface area contributed by atoms with Crippen LogP contribution in [-0.2, 0) is 11.8 Å². The molecule has 3 rings (SSSR count). The van der Waals surface area contributed by atoms with Crippen molar-refractivity contribution >= 4 is 22.5 Å². The molecule has 1 aliphatic heterocycles. The minimum Gasteiger partial charge on any atom is -0.312 e. The van der Waals surface area contributed by atoms with Crippen LogP contribution in [0, 0.1) is 5.92 Å². The van der Waals surface area contributed by atoms with Gasteiger partial charge in [-0.05, 0) is 18.2 Å². The van der Waals surface area contributed by atoms with Crippen LogP contribution in [0.1, 0.15) is 6.42 Å². The van der Waals surface area contributed by atoms with Crippen molar-refractivity contribution < 1.29 is 4.79 Å². The zero-order valence-corrected chi connectivity index (χ0v) is 10.3. The van der Waals surface area contributed by atoms with Crippen LogP contribution in [0.25, 0.3) is 10.9 Å². The van der Waals surface area contributed by atoms with Crippen molar-refractivity contribution in [3.8, 4) is 0 Å². The summed E-state index contributed by atoms with van der Waals surface area (Å²) in [5.74, 6) is 0.435. The highest BCUT2D eigenvalue weighted by molar-refractivity contribution is 5.98. The van der Waals surface area contributed by atoms with E-state index in [0.29, 0.717) is 6.42 Å². The van der Waals surface area contributed by atoms with Crippen molar-refractivity contribution in [3.63, 3.8) is 0 Å². The zero-order valence-electron chi connectivity index (χ0n) is 10.3. The second kappa shape index (κ2) is 3.98. The molecule has 1 aromatic carbocycles. The topological polar surface area (TPSA) is 38.1 Å². The predicted molar refractivity (Wildman–Crippen MR) is 71.4 cm³/mol. The molecule has 18 heavy (non-hydrogen) atoms. The van der Waals surface area contributed by atoms with Crippen molar-refractivity contribution in [3.05, 3.63) is 37.1 Å². The lowest BCUT2D eigenvalue weighted by Crippen LogP contribution is -2.24. The third-order valence-electron chi connectivity index (χ3n) is 3.53. The van der Waals surface area contributed by atoms with Crippen LogP contribution < -0.4 is 4.90 Å². The van der Waals surface area contributed by atoms with Crippen LogP contribution in [0.3, 0.4) is 0 Å². The fourth-order valence-corrected chi connectivity index (χ4v) is 2.46. The Kier molecular flexibility index (Phi) is 2.44. The molecule has 92 valence electrons.